The van der Waals surface area contributed by atoms with Crippen LogP contribution in [0.1, 0.15) is 229 Å². The molecule has 13 aromatic rings. The third kappa shape index (κ3) is 11.6. The van der Waals surface area contributed by atoms with E-state index in [2.05, 4.69) is 404 Å². The molecule has 2 nitrogen and oxygen atoms in total. The minimum Gasteiger partial charge on any atom is -0.311 e. The van der Waals surface area contributed by atoms with Crippen molar-refractivity contribution in [1.82, 2.24) is 4.57 Å². The molecule has 16 rings (SSSR count). The highest BCUT2D eigenvalue weighted by atomic mass is 15.2. The van der Waals surface area contributed by atoms with E-state index in [0.29, 0.717) is 0 Å². The number of aromatic nitrogens is 1. The van der Waals surface area contributed by atoms with Gasteiger partial charge in [-0.3, -0.25) is 0 Å². The molecule has 3 heterocycles. The number of hydrogen-bond donors (Lipinski definition) is 0. The van der Waals surface area contributed by atoms with Gasteiger partial charge in [0, 0.05) is 39.3 Å². The van der Waals surface area contributed by atoms with Crippen LogP contribution >= 0.6 is 0 Å². The van der Waals surface area contributed by atoms with Crippen molar-refractivity contribution < 1.29 is 0 Å². The van der Waals surface area contributed by atoms with Gasteiger partial charge in [-0.2, -0.15) is 0 Å². The summed E-state index contributed by atoms with van der Waals surface area (Å²) in [5.41, 5.74) is 35.4. The van der Waals surface area contributed by atoms with Gasteiger partial charge < -0.3 is 9.47 Å². The van der Waals surface area contributed by atoms with Crippen LogP contribution in [0.4, 0.5) is 17.1 Å². The lowest BCUT2D eigenvalue weighted by atomic mass is 9.28. The average Bonchev–Trinajstić information content (AvgIpc) is 1.23. The van der Waals surface area contributed by atoms with Crippen molar-refractivity contribution in [1.29, 1.82) is 0 Å². The molecule has 1 aromatic heterocycles. The minimum atomic E-state index is -0.870. The predicted octanol–water partition coefficient (Wildman–Crippen LogP) is 25.4. The van der Waals surface area contributed by atoms with E-state index in [-0.39, 0.29) is 50.5 Å². The summed E-state index contributed by atoms with van der Waals surface area (Å²) < 4.78 is 2.61. The smallest absolute Gasteiger partial charge is 0.247 e. The second-order valence-corrected chi connectivity index (χ2v) is 38.3. The lowest BCUT2D eigenvalue weighted by Gasteiger charge is -2.52. The van der Waals surface area contributed by atoms with Crippen LogP contribution < -0.4 is 21.3 Å². The zero-order valence-electron chi connectivity index (χ0n) is 66.2. The van der Waals surface area contributed by atoms with Gasteiger partial charge in [-0.25, -0.2) is 0 Å². The Morgan fingerprint density at radius 3 is 1.22 bits per heavy atom. The molecular formula is C102H105BN2. The van der Waals surface area contributed by atoms with E-state index in [4.69, 9.17) is 0 Å². The second-order valence-electron chi connectivity index (χ2n) is 38.3. The Kier molecular flexibility index (Phi) is 16.0. The fourth-order valence-corrected chi connectivity index (χ4v) is 17.7. The van der Waals surface area contributed by atoms with Crippen molar-refractivity contribution >= 4 is 62.0 Å². The number of rotatable bonds is 6. The molecular weight excluding hydrogens is 1260 g/mol. The number of fused-ring (bicyclic) bond motifs is 13. The highest BCUT2D eigenvalue weighted by Gasteiger charge is 2.56. The maximum Gasteiger partial charge on any atom is 0.247 e. The SMILES string of the molecule is CC(C)(C)c1cc(-c2ccc3c(c2)N(c2ccc(C(C)(C)C)cc2-c2ccccc2)c2cc(-c4cc(C(C)(C)C)cc(C(C)(C)C)c4)cc4c2B3c2ccc(-n3c5ccc(C(C)(C)C)cc5c5cc(C(C)(C)C)ccc53)cc2C42c3ccccc3C(c3ccccc3)c3ccccc32)cc(C(C)(C)C)c1. The van der Waals surface area contributed by atoms with Gasteiger partial charge in [0.2, 0.25) is 6.71 Å². The van der Waals surface area contributed by atoms with Crippen molar-refractivity contribution in [3.05, 3.63) is 327 Å². The third-order valence-electron chi connectivity index (χ3n) is 23.9. The van der Waals surface area contributed by atoms with Gasteiger partial charge in [0.1, 0.15) is 0 Å². The van der Waals surface area contributed by atoms with Crippen molar-refractivity contribution in [2.24, 2.45) is 0 Å². The molecule has 526 valence electrons. The topological polar surface area (TPSA) is 8.17 Å². The van der Waals surface area contributed by atoms with E-state index in [9.17, 15) is 0 Å². The van der Waals surface area contributed by atoms with E-state index < -0.39 is 5.41 Å². The van der Waals surface area contributed by atoms with E-state index in [0.717, 1.165) is 11.4 Å². The van der Waals surface area contributed by atoms with Gasteiger partial charge in [-0.05, 0) is 221 Å². The average molecular weight is 1370 g/mol. The quantitative estimate of drug-likeness (QED) is 0.151. The maximum absolute atomic E-state index is 2.75. The first-order valence-electron chi connectivity index (χ1n) is 38.6. The summed E-state index contributed by atoms with van der Waals surface area (Å²) in [5.74, 6) is -0.0299. The highest BCUT2D eigenvalue weighted by Crippen LogP contribution is 2.59. The molecule has 0 saturated carbocycles. The lowest BCUT2D eigenvalue weighted by Crippen LogP contribution is -2.65. The summed E-state index contributed by atoms with van der Waals surface area (Å²) in [6.07, 6.45) is 0. The molecule has 0 unspecified atom stereocenters. The van der Waals surface area contributed by atoms with Crippen molar-refractivity contribution in [2.45, 2.75) is 195 Å². The molecule has 2 aliphatic heterocycles. The van der Waals surface area contributed by atoms with Crippen LogP contribution in [0.2, 0.25) is 0 Å². The molecule has 0 saturated heterocycles. The van der Waals surface area contributed by atoms with Gasteiger partial charge >= 0.3 is 0 Å². The predicted molar refractivity (Wildman–Crippen MR) is 453 cm³/mol. The summed E-state index contributed by atoms with van der Waals surface area (Å²) in [6, 6.07) is 99.6. The molecule has 0 bridgehead atoms. The molecule has 0 radical (unpaired) electrons. The van der Waals surface area contributed by atoms with Gasteiger partial charge in [-0.1, -0.05) is 333 Å². The van der Waals surface area contributed by atoms with E-state index in [1.165, 1.54) is 161 Å². The zero-order chi connectivity index (χ0) is 74.2. The Labute approximate surface area is 627 Å². The molecule has 105 heavy (non-hydrogen) atoms. The molecule has 0 atom stereocenters. The Balaban J connectivity index is 1.12. The third-order valence-corrected chi connectivity index (χ3v) is 23.9. The molecule has 3 aliphatic rings. The highest BCUT2D eigenvalue weighted by molar-refractivity contribution is 6.99. The fourth-order valence-electron chi connectivity index (χ4n) is 17.7. The molecule has 0 fully saturated rings. The van der Waals surface area contributed by atoms with Crippen LogP contribution in [-0.4, -0.2) is 11.3 Å². The Morgan fingerprint density at radius 2 is 0.714 bits per heavy atom. The monoisotopic (exact) mass is 1370 g/mol. The molecule has 12 aromatic carbocycles. The van der Waals surface area contributed by atoms with E-state index in [1.807, 2.05) is 0 Å². The van der Waals surface area contributed by atoms with Crippen LogP contribution in [0.15, 0.2) is 249 Å². The number of anilines is 3. The summed E-state index contributed by atoms with van der Waals surface area (Å²) in [5, 5.41) is 2.57. The Bertz CT molecular complexity index is 5460. The van der Waals surface area contributed by atoms with E-state index in [1.54, 1.807) is 0 Å². The normalized spacial score (nSPS) is 16.0. The van der Waals surface area contributed by atoms with Gasteiger partial charge in [-0.15, -0.1) is 0 Å². The molecule has 1 aliphatic carbocycles. The second kappa shape index (κ2) is 24.2. The molecule has 0 N–H and O–H groups in total. The van der Waals surface area contributed by atoms with Gasteiger partial charge in [0.15, 0.2) is 0 Å². The van der Waals surface area contributed by atoms with Crippen LogP contribution in [-0.2, 0) is 43.3 Å². The molecule has 1 spiro atoms. The van der Waals surface area contributed by atoms with Gasteiger partial charge in [0.25, 0.3) is 0 Å². The first-order valence-corrected chi connectivity index (χ1v) is 38.6. The summed E-state index contributed by atoms with van der Waals surface area (Å²) in [7, 11) is 0. The lowest BCUT2D eigenvalue weighted by molar-refractivity contribution is 0.568. The standard InChI is InChI=1S/C102H105BN2/c1-95(2,3)69-41-47-88(79(59-69)63-32-24-22-25-33-63)105-91-55-65(66-50-72(98(10,11)12)57-73(51-66)99(13,14)15)40-45-87(91)103-86-46-44-76(104-89-48-42-70(96(4,5)6)60-80(89)81-61-71(97(7,8)9)43-49-90(81)104)62-84(86)102(82-38-30-28-36-77(82)93(64-34-26-23-27-35-64)78-37-29-31-39-83(78)102)85-54-68(56-92(105)94(85)103)67-52-74(100(16,17)18)58-75(53-67)101(19,20)21/h22-62,93H,1-21H3. The number of benzene rings is 12. The first-order chi connectivity index (χ1) is 49.5. The Hall–Kier alpha value is -9.70. The molecule has 3 heteroatoms. The first kappa shape index (κ1) is 69.7. The molecule has 0 amide bonds. The van der Waals surface area contributed by atoms with Crippen LogP contribution in [0.3, 0.4) is 0 Å². The van der Waals surface area contributed by atoms with Crippen molar-refractivity contribution in [3.63, 3.8) is 0 Å². The van der Waals surface area contributed by atoms with Crippen LogP contribution in [0.25, 0.3) is 60.9 Å². The minimum absolute atomic E-state index is 0.0299. The maximum atomic E-state index is 2.75. The Morgan fingerprint density at radius 1 is 0.286 bits per heavy atom. The number of nitrogens with zero attached hydrogens (tertiary/aromatic N) is 2. The largest absolute Gasteiger partial charge is 0.311 e. The summed E-state index contributed by atoms with van der Waals surface area (Å²) >= 11 is 0. The van der Waals surface area contributed by atoms with Gasteiger partial charge in [0.05, 0.1) is 22.1 Å². The fraction of sp³-hybridized carbons (Fsp3) is 0.294. The zero-order valence-corrected chi connectivity index (χ0v) is 66.2. The summed E-state index contributed by atoms with van der Waals surface area (Å²) in [6.45, 7) is 49.5. The van der Waals surface area contributed by atoms with Crippen molar-refractivity contribution in [3.8, 4) is 39.1 Å². The van der Waals surface area contributed by atoms with Crippen LogP contribution in [0, 0.1) is 0 Å². The summed E-state index contributed by atoms with van der Waals surface area (Å²) in [4.78, 5) is 2.75. The van der Waals surface area contributed by atoms with Crippen molar-refractivity contribution in [2.75, 3.05) is 4.90 Å². The van der Waals surface area contributed by atoms with Crippen LogP contribution in [0.5, 0.6) is 0 Å². The number of hydrogen-bond acceptors (Lipinski definition) is 1. The van der Waals surface area contributed by atoms with E-state index >= 15 is 0 Å².